The predicted molar refractivity (Wildman–Crippen MR) is 108 cm³/mol. The van der Waals surface area contributed by atoms with Crippen molar-refractivity contribution in [1.82, 2.24) is 10.2 Å². The molecule has 1 N–H and O–H groups in total. The average Bonchev–Trinajstić information content (AvgIpc) is 2.68. The third-order valence-corrected chi connectivity index (χ3v) is 5.11. The van der Waals surface area contributed by atoms with Crippen LogP contribution in [0.3, 0.4) is 0 Å². The van der Waals surface area contributed by atoms with Gasteiger partial charge in [-0.1, -0.05) is 15.9 Å². The molecule has 1 saturated heterocycles. The van der Waals surface area contributed by atoms with Gasteiger partial charge in [0.25, 0.3) is 11.8 Å². The standard InChI is InChI=1S/C21H22BrFN2O3/c1-2-28-19-5-3-14(4-6-19)21(27)25-9-7-18(8-10-25)24-20(26)15-11-16(22)13-17(23)12-15/h3-6,11-13,18H,2,7-10H2,1H3,(H,24,26). The van der Waals surface area contributed by atoms with Gasteiger partial charge in [-0.25, -0.2) is 4.39 Å². The average molecular weight is 449 g/mol. The predicted octanol–water partition coefficient (Wildman–Crippen LogP) is 4.02. The van der Waals surface area contributed by atoms with Crippen LogP contribution in [0.4, 0.5) is 4.39 Å². The number of benzene rings is 2. The molecule has 28 heavy (non-hydrogen) atoms. The van der Waals surface area contributed by atoms with Crippen molar-refractivity contribution in [3.8, 4) is 5.75 Å². The molecule has 0 bridgehead atoms. The Balaban J connectivity index is 1.53. The highest BCUT2D eigenvalue weighted by molar-refractivity contribution is 9.10. The van der Waals surface area contributed by atoms with Crippen molar-refractivity contribution in [2.75, 3.05) is 19.7 Å². The summed E-state index contributed by atoms with van der Waals surface area (Å²) in [6.07, 6.45) is 1.32. The number of rotatable bonds is 5. The second-order valence-electron chi connectivity index (χ2n) is 6.66. The minimum absolute atomic E-state index is 0.0260. The molecule has 0 unspecified atom stereocenters. The quantitative estimate of drug-likeness (QED) is 0.751. The van der Waals surface area contributed by atoms with E-state index in [1.54, 1.807) is 35.2 Å². The number of ether oxygens (including phenoxy) is 1. The number of carbonyl (C=O) groups excluding carboxylic acids is 2. The lowest BCUT2D eigenvalue weighted by atomic mass is 10.0. The van der Waals surface area contributed by atoms with Gasteiger partial charge in [-0.15, -0.1) is 0 Å². The minimum atomic E-state index is -0.463. The number of nitrogens with zero attached hydrogens (tertiary/aromatic N) is 1. The van der Waals surface area contributed by atoms with Crippen LogP contribution >= 0.6 is 15.9 Å². The second kappa shape index (κ2) is 9.19. The summed E-state index contributed by atoms with van der Waals surface area (Å²) in [5.41, 5.74) is 0.898. The summed E-state index contributed by atoms with van der Waals surface area (Å²) in [5.74, 6) is -0.0573. The molecule has 3 rings (SSSR count). The number of amides is 2. The SMILES string of the molecule is CCOc1ccc(C(=O)N2CCC(NC(=O)c3cc(F)cc(Br)c3)CC2)cc1. The van der Waals surface area contributed by atoms with E-state index in [1.807, 2.05) is 6.92 Å². The third kappa shape index (κ3) is 5.10. The molecule has 1 fully saturated rings. The van der Waals surface area contributed by atoms with Crippen molar-refractivity contribution in [2.24, 2.45) is 0 Å². The zero-order valence-corrected chi connectivity index (χ0v) is 17.2. The van der Waals surface area contributed by atoms with E-state index < -0.39 is 5.82 Å². The van der Waals surface area contributed by atoms with Gasteiger partial charge in [-0.05, 0) is 62.2 Å². The van der Waals surface area contributed by atoms with Crippen LogP contribution in [0, 0.1) is 5.82 Å². The van der Waals surface area contributed by atoms with E-state index in [9.17, 15) is 14.0 Å². The molecule has 0 saturated carbocycles. The maximum atomic E-state index is 13.5. The Morgan fingerprint density at radius 3 is 2.43 bits per heavy atom. The summed E-state index contributed by atoms with van der Waals surface area (Å²) < 4.78 is 19.4. The number of piperidine rings is 1. The first kappa shape index (κ1) is 20.3. The van der Waals surface area contributed by atoms with Crippen LogP contribution in [-0.4, -0.2) is 42.5 Å². The van der Waals surface area contributed by atoms with Gasteiger partial charge in [-0.3, -0.25) is 9.59 Å². The number of hydrogen-bond donors (Lipinski definition) is 1. The molecule has 148 valence electrons. The monoisotopic (exact) mass is 448 g/mol. The molecule has 0 atom stereocenters. The molecule has 0 aliphatic carbocycles. The summed E-state index contributed by atoms with van der Waals surface area (Å²) in [6, 6.07) is 11.2. The highest BCUT2D eigenvalue weighted by Gasteiger charge is 2.25. The summed E-state index contributed by atoms with van der Waals surface area (Å²) in [6.45, 7) is 3.61. The molecule has 0 spiro atoms. The van der Waals surface area contributed by atoms with E-state index in [1.165, 1.54) is 12.1 Å². The molecular weight excluding hydrogens is 427 g/mol. The Labute approximate surface area is 172 Å². The first-order valence-electron chi connectivity index (χ1n) is 9.25. The van der Waals surface area contributed by atoms with Gasteiger partial charge >= 0.3 is 0 Å². The Morgan fingerprint density at radius 2 is 1.82 bits per heavy atom. The van der Waals surface area contributed by atoms with E-state index in [4.69, 9.17) is 4.74 Å². The Kier molecular flexibility index (Phi) is 6.67. The summed E-state index contributed by atoms with van der Waals surface area (Å²) in [5, 5.41) is 2.93. The fourth-order valence-corrected chi connectivity index (χ4v) is 3.69. The number of halogens is 2. The lowest BCUT2D eigenvalue weighted by Crippen LogP contribution is -2.46. The molecule has 1 heterocycles. The molecular formula is C21H22BrFN2O3. The van der Waals surface area contributed by atoms with Crippen molar-refractivity contribution in [1.29, 1.82) is 0 Å². The van der Waals surface area contributed by atoms with Crippen LogP contribution in [0.15, 0.2) is 46.9 Å². The second-order valence-corrected chi connectivity index (χ2v) is 7.57. The molecule has 5 nitrogen and oxygen atoms in total. The van der Waals surface area contributed by atoms with Crippen LogP contribution in [0.25, 0.3) is 0 Å². The largest absolute Gasteiger partial charge is 0.494 e. The Hall–Kier alpha value is -2.41. The van der Waals surface area contributed by atoms with E-state index >= 15 is 0 Å². The number of carbonyl (C=O) groups is 2. The molecule has 1 aliphatic heterocycles. The number of likely N-dealkylation sites (tertiary alicyclic amines) is 1. The van der Waals surface area contributed by atoms with Gasteiger partial charge in [0.1, 0.15) is 11.6 Å². The molecule has 2 aromatic rings. The highest BCUT2D eigenvalue weighted by atomic mass is 79.9. The number of hydrogen-bond acceptors (Lipinski definition) is 3. The zero-order chi connectivity index (χ0) is 20.1. The maximum absolute atomic E-state index is 13.5. The lowest BCUT2D eigenvalue weighted by molar-refractivity contribution is 0.0698. The van der Waals surface area contributed by atoms with E-state index in [-0.39, 0.29) is 23.4 Å². The van der Waals surface area contributed by atoms with Crippen LogP contribution in [0.2, 0.25) is 0 Å². The van der Waals surface area contributed by atoms with Crippen molar-refractivity contribution in [3.63, 3.8) is 0 Å². The van der Waals surface area contributed by atoms with Gasteiger partial charge < -0.3 is 15.0 Å². The Bertz CT molecular complexity index is 829. The molecule has 2 amide bonds. The minimum Gasteiger partial charge on any atom is -0.494 e. The van der Waals surface area contributed by atoms with Crippen molar-refractivity contribution in [3.05, 3.63) is 63.9 Å². The summed E-state index contributed by atoms with van der Waals surface area (Å²) in [7, 11) is 0. The van der Waals surface area contributed by atoms with Gasteiger partial charge in [0, 0.05) is 34.7 Å². The van der Waals surface area contributed by atoms with Crippen molar-refractivity contribution in [2.45, 2.75) is 25.8 Å². The van der Waals surface area contributed by atoms with Crippen LogP contribution in [0.5, 0.6) is 5.75 Å². The summed E-state index contributed by atoms with van der Waals surface area (Å²) in [4.78, 5) is 26.8. The Morgan fingerprint density at radius 1 is 1.14 bits per heavy atom. The van der Waals surface area contributed by atoms with Crippen LogP contribution in [-0.2, 0) is 0 Å². The fraction of sp³-hybridized carbons (Fsp3) is 0.333. The van der Waals surface area contributed by atoms with Crippen molar-refractivity contribution >= 4 is 27.7 Å². The van der Waals surface area contributed by atoms with Crippen LogP contribution < -0.4 is 10.1 Å². The summed E-state index contributed by atoms with van der Waals surface area (Å²) >= 11 is 3.19. The fourth-order valence-electron chi connectivity index (χ4n) is 3.22. The topological polar surface area (TPSA) is 58.6 Å². The molecule has 1 aliphatic rings. The van der Waals surface area contributed by atoms with E-state index in [0.29, 0.717) is 42.6 Å². The van der Waals surface area contributed by atoms with Gasteiger partial charge in [0.15, 0.2) is 0 Å². The van der Waals surface area contributed by atoms with E-state index in [0.717, 1.165) is 5.75 Å². The third-order valence-electron chi connectivity index (χ3n) is 4.65. The molecule has 0 aromatic heterocycles. The maximum Gasteiger partial charge on any atom is 0.253 e. The van der Waals surface area contributed by atoms with Gasteiger partial charge in [0.2, 0.25) is 0 Å². The highest BCUT2D eigenvalue weighted by Crippen LogP contribution is 2.19. The zero-order valence-electron chi connectivity index (χ0n) is 15.6. The molecule has 7 heteroatoms. The first-order valence-corrected chi connectivity index (χ1v) is 10.0. The van der Waals surface area contributed by atoms with Crippen molar-refractivity contribution < 1.29 is 18.7 Å². The first-order chi connectivity index (χ1) is 13.5. The van der Waals surface area contributed by atoms with E-state index in [2.05, 4.69) is 21.2 Å². The lowest BCUT2D eigenvalue weighted by Gasteiger charge is -2.32. The number of nitrogens with one attached hydrogen (secondary N) is 1. The molecule has 0 radical (unpaired) electrons. The van der Waals surface area contributed by atoms with Gasteiger partial charge in [0.05, 0.1) is 6.61 Å². The van der Waals surface area contributed by atoms with Crippen LogP contribution in [0.1, 0.15) is 40.5 Å². The smallest absolute Gasteiger partial charge is 0.253 e. The normalized spacial score (nSPS) is 14.6. The molecule has 2 aromatic carbocycles. The van der Waals surface area contributed by atoms with Gasteiger partial charge in [-0.2, -0.15) is 0 Å².